The molecule has 2 atom stereocenters. The lowest BCUT2D eigenvalue weighted by molar-refractivity contribution is -0.151. The van der Waals surface area contributed by atoms with E-state index in [1.54, 1.807) is 4.90 Å². The standard InChI is InChI=1S/C12H20N2O2/c1-4-12(3)11(16)14(7-10(15)13-12)8(2)9-5-6-9/h8-9H,4-7H2,1-3H3,(H,13,15). The highest BCUT2D eigenvalue weighted by Gasteiger charge is 2.45. The number of nitrogens with one attached hydrogen (secondary N) is 1. The smallest absolute Gasteiger partial charge is 0.248 e. The molecule has 2 aliphatic rings. The summed E-state index contributed by atoms with van der Waals surface area (Å²) in [6, 6.07) is 0.212. The average Bonchev–Trinajstić information content (AvgIpc) is 3.06. The topological polar surface area (TPSA) is 49.4 Å². The van der Waals surface area contributed by atoms with Crippen molar-refractivity contribution < 1.29 is 9.59 Å². The van der Waals surface area contributed by atoms with E-state index in [-0.39, 0.29) is 24.4 Å². The van der Waals surface area contributed by atoms with E-state index < -0.39 is 5.54 Å². The van der Waals surface area contributed by atoms with Crippen LogP contribution in [0, 0.1) is 5.92 Å². The van der Waals surface area contributed by atoms with Crippen LogP contribution < -0.4 is 5.32 Å². The molecule has 1 N–H and O–H groups in total. The van der Waals surface area contributed by atoms with Gasteiger partial charge in [0.15, 0.2) is 0 Å². The van der Waals surface area contributed by atoms with Crippen molar-refractivity contribution in [1.82, 2.24) is 10.2 Å². The van der Waals surface area contributed by atoms with Crippen molar-refractivity contribution in [3.8, 4) is 0 Å². The highest BCUT2D eigenvalue weighted by atomic mass is 16.2. The molecule has 0 aromatic carbocycles. The fraction of sp³-hybridized carbons (Fsp3) is 0.833. The van der Waals surface area contributed by atoms with Crippen molar-refractivity contribution in [2.45, 2.75) is 51.6 Å². The van der Waals surface area contributed by atoms with Crippen LogP contribution in [0.1, 0.15) is 40.0 Å². The molecule has 1 aliphatic carbocycles. The third-order valence-electron chi connectivity index (χ3n) is 3.97. The second-order valence-electron chi connectivity index (χ2n) is 5.24. The quantitative estimate of drug-likeness (QED) is 0.774. The van der Waals surface area contributed by atoms with Crippen molar-refractivity contribution in [3.05, 3.63) is 0 Å². The highest BCUT2D eigenvalue weighted by Crippen LogP contribution is 2.36. The summed E-state index contributed by atoms with van der Waals surface area (Å²) in [4.78, 5) is 25.7. The molecule has 2 rings (SSSR count). The molecule has 1 heterocycles. The number of hydrogen-bond acceptors (Lipinski definition) is 2. The van der Waals surface area contributed by atoms with E-state index in [2.05, 4.69) is 12.2 Å². The Kier molecular flexibility index (Phi) is 2.68. The maximum absolute atomic E-state index is 12.3. The predicted molar refractivity (Wildman–Crippen MR) is 60.7 cm³/mol. The SMILES string of the molecule is CCC1(C)NC(=O)CN(C(C)C2CC2)C1=O. The van der Waals surface area contributed by atoms with E-state index in [4.69, 9.17) is 0 Å². The van der Waals surface area contributed by atoms with Crippen molar-refractivity contribution in [3.63, 3.8) is 0 Å². The van der Waals surface area contributed by atoms with Crippen molar-refractivity contribution in [2.24, 2.45) is 5.92 Å². The minimum Gasteiger partial charge on any atom is -0.340 e. The second-order valence-corrected chi connectivity index (χ2v) is 5.24. The molecule has 0 aromatic rings. The molecule has 2 unspecified atom stereocenters. The third-order valence-corrected chi connectivity index (χ3v) is 3.97. The molecule has 2 amide bonds. The van der Waals surface area contributed by atoms with Crippen LogP contribution in [-0.4, -0.2) is 34.8 Å². The summed E-state index contributed by atoms with van der Waals surface area (Å²) in [5, 5.41) is 2.81. The molecule has 0 radical (unpaired) electrons. The van der Waals surface area contributed by atoms with Crippen molar-refractivity contribution in [2.75, 3.05) is 6.54 Å². The lowest BCUT2D eigenvalue weighted by atomic mass is 9.93. The van der Waals surface area contributed by atoms with Crippen LogP contribution in [0.25, 0.3) is 0 Å². The number of carbonyl (C=O) groups excluding carboxylic acids is 2. The van der Waals surface area contributed by atoms with Gasteiger partial charge in [0.05, 0.1) is 6.54 Å². The second kappa shape index (κ2) is 3.75. The van der Waals surface area contributed by atoms with Gasteiger partial charge in [-0.05, 0) is 39.0 Å². The van der Waals surface area contributed by atoms with Gasteiger partial charge in [0.1, 0.15) is 5.54 Å². The van der Waals surface area contributed by atoms with E-state index in [1.165, 1.54) is 12.8 Å². The molecule has 4 nitrogen and oxygen atoms in total. The van der Waals surface area contributed by atoms with Gasteiger partial charge in [0, 0.05) is 6.04 Å². The Bertz CT molecular complexity index is 325. The van der Waals surface area contributed by atoms with Crippen LogP contribution >= 0.6 is 0 Å². The molecule has 1 saturated heterocycles. The summed E-state index contributed by atoms with van der Waals surface area (Å²) in [5.41, 5.74) is -0.696. The van der Waals surface area contributed by atoms with Crippen LogP contribution in [0.2, 0.25) is 0 Å². The molecule has 1 saturated carbocycles. The molecular formula is C12H20N2O2. The van der Waals surface area contributed by atoms with E-state index in [0.717, 1.165) is 0 Å². The molecule has 0 bridgehead atoms. The third kappa shape index (κ3) is 1.81. The fourth-order valence-electron chi connectivity index (χ4n) is 2.35. The minimum atomic E-state index is -0.696. The van der Waals surface area contributed by atoms with Gasteiger partial charge in [-0.3, -0.25) is 9.59 Å². The first-order valence-electron chi connectivity index (χ1n) is 6.10. The number of amides is 2. The number of carbonyl (C=O) groups is 2. The molecular weight excluding hydrogens is 204 g/mol. The molecule has 90 valence electrons. The first kappa shape index (κ1) is 11.4. The summed E-state index contributed by atoms with van der Waals surface area (Å²) in [7, 11) is 0. The fourth-order valence-corrected chi connectivity index (χ4v) is 2.35. The van der Waals surface area contributed by atoms with E-state index >= 15 is 0 Å². The van der Waals surface area contributed by atoms with E-state index in [9.17, 15) is 9.59 Å². The molecule has 1 aliphatic heterocycles. The first-order chi connectivity index (χ1) is 7.48. The largest absolute Gasteiger partial charge is 0.340 e. The number of piperazine rings is 1. The Hall–Kier alpha value is -1.06. The minimum absolute atomic E-state index is 0.0311. The lowest BCUT2D eigenvalue weighted by Gasteiger charge is -2.42. The Balaban J connectivity index is 2.17. The molecule has 0 spiro atoms. The maximum Gasteiger partial charge on any atom is 0.248 e. The maximum atomic E-state index is 12.3. The average molecular weight is 224 g/mol. The zero-order chi connectivity index (χ0) is 11.9. The van der Waals surface area contributed by atoms with Crippen LogP contribution in [0.4, 0.5) is 0 Å². The molecule has 4 heteroatoms. The van der Waals surface area contributed by atoms with Gasteiger partial charge < -0.3 is 10.2 Å². The molecule has 16 heavy (non-hydrogen) atoms. The van der Waals surface area contributed by atoms with Gasteiger partial charge in [-0.25, -0.2) is 0 Å². The number of rotatable bonds is 3. The zero-order valence-corrected chi connectivity index (χ0v) is 10.2. The molecule has 0 aromatic heterocycles. The first-order valence-corrected chi connectivity index (χ1v) is 6.10. The van der Waals surface area contributed by atoms with E-state index in [1.807, 2.05) is 13.8 Å². The van der Waals surface area contributed by atoms with Crippen LogP contribution in [0.3, 0.4) is 0 Å². The predicted octanol–water partition coefficient (Wildman–Crippen LogP) is 0.912. The normalized spacial score (nSPS) is 32.6. The Morgan fingerprint density at radius 1 is 1.50 bits per heavy atom. The Morgan fingerprint density at radius 2 is 2.12 bits per heavy atom. The summed E-state index contributed by atoms with van der Waals surface area (Å²) < 4.78 is 0. The van der Waals surface area contributed by atoms with Crippen LogP contribution in [-0.2, 0) is 9.59 Å². The molecule has 2 fully saturated rings. The number of nitrogens with zero attached hydrogens (tertiary/aromatic N) is 1. The van der Waals surface area contributed by atoms with Gasteiger partial charge in [0.25, 0.3) is 0 Å². The monoisotopic (exact) mass is 224 g/mol. The summed E-state index contributed by atoms with van der Waals surface area (Å²) in [6.07, 6.45) is 3.02. The zero-order valence-electron chi connectivity index (χ0n) is 10.2. The highest BCUT2D eigenvalue weighted by molar-refractivity contribution is 5.97. The summed E-state index contributed by atoms with van der Waals surface area (Å²) >= 11 is 0. The van der Waals surface area contributed by atoms with Gasteiger partial charge in [-0.2, -0.15) is 0 Å². The van der Waals surface area contributed by atoms with Gasteiger partial charge in [0.2, 0.25) is 11.8 Å². The van der Waals surface area contributed by atoms with Crippen molar-refractivity contribution >= 4 is 11.8 Å². The van der Waals surface area contributed by atoms with Gasteiger partial charge >= 0.3 is 0 Å². The van der Waals surface area contributed by atoms with Crippen molar-refractivity contribution in [1.29, 1.82) is 0 Å². The Labute approximate surface area is 96.4 Å². The summed E-state index contributed by atoms with van der Waals surface area (Å²) in [6.45, 7) is 6.04. The van der Waals surface area contributed by atoms with Gasteiger partial charge in [-0.1, -0.05) is 6.92 Å². The summed E-state index contributed by atoms with van der Waals surface area (Å²) in [5.74, 6) is 0.654. The van der Waals surface area contributed by atoms with Crippen LogP contribution in [0.15, 0.2) is 0 Å². The Morgan fingerprint density at radius 3 is 2.62 bits per heavy atom. The van der Waals surface area contributed by atoms with E-state index in [0.29, 0.717) is 12.3 Å². The van der Waals surface area contributed by atoms with Gasteiger partial charge in [-0.15, -0.1) is 0 Å². The van der Waals surface area contributed by atoms with Crippen LogP contribution in [0.5, 0.6) is 0 Å². The number of hydrogen-bond donors (Lipinski definition) is 1. The lowest BCUT2D eigenvalue weighted by Crippen LogP contribution is -2.66.